The van der Waals surface area contributed by atoms with Crippen LogP contribution >= 0.6 is 0 Å². The van der Waals surface area contributed by atoms with Gasteiger partial charge in [-0.2, -0.15) is 0 Å². The number of pyridine rings is 1. The monoisotopic (exact) mass is 308 g/mol. The van der Waals surface area contributed by atoms with Crippen molar-refractivity contribution in [3.05, 3.63) is 70.9 Å². The first-order valence-corrected chi connectivity index (χ1v) is 7.13. The van der Waals surface area contributed by atoms with Crippen molar-refractivity contribution >= 4 is 23.1 Å². The summed E-state index contributed by atoms with van der Waals surface area (Å²) in [5.41, 5.74) is 8.86. The molecule has 2 heterocycles. The molecule has 0 unspecified atom stereocenters. The molecular formula is C18H16N2O3. The first kappa shape index (κ1) is 14.8. The van der Waals surface area contributed by atoms with E-state index in [9.17, 15) is 9.59 Å². The van der Waals surface area contributed by atoms with Crippen molar-refractivity contribution in [1.29, 1.82) is 0 Å². The third kappa shape index (κ3) is 2.36. The number of ketones is 1. The molecule has 3 aromatic rings. The minimum absolute atomic E-state index is 0.179. The van der Waals surface area contributed by atoms with E-state index in [1.54, 1.807) is 46.9 Å². The van der Waals surface area contributed by atoms with Gasteiger partial charge in [0.1, 0.15) is 5.82 Å². The van der Waals surface area contributed by atoms with Crippen molar-refractivity contribution < 1.29 is 14.3 Å². The highest BCUT2D eigenvalue weighted by molar-refractivity contribution is 6.13. The molecule has 0 spiro atoms. The second-order valence-corrected chi connectivity index (χ2v) is 5.24. The van der Waals surface area contributed by atoms with Gasteiger partial charge < -0.3 is 10.5 Å². The van der Waals surface area contributed by atoms with Gasteiger partial charge in [-0.25, -0.2) is 4.79 Å². The third-order valence-electron chi connectivity index (χ3n) is 3.84. The number of esters is 1. The SMILES string of the molecule is COC(=O)c1ccc(C)n2c(N)c(C(=O)c3ccccc3)cc12. The summed E-state index contributed by atoms with van der Waals surface area (Å²) in [6.45, 7) is 1.86. The summed E-state index contributed by atoms with van der Waals surface area (Å²) in [5.74, 6) is -0.328. The van der Waals surface area contributed by atoms with E-state index in [2.05, 4.69) is 0 Å². The Labute approximate surface area is 133 Å². The number of nitrogen functional groups attached to an aromatic ring is 1. The molecule has 0 fully saturated rings. The largest absolute Gasteiger partial charge is 0.465 e. The Kier molecular flexibility index (Phi) is 3.62. The molecule has 0 bridgehead atoms. The molecule has 0 saturated carbocycles. The standard InChI is InChI=1S/C18H16N2O3/c1-11-8-9-13(18(22)23-2)15-10-14(17(19)20(11)15)16(21)12-6-4-3-5-7-12/h3-10H,19H2,1-2H3. The molecule has 23 heavy (non-hydrogen) atoms. The van der Waals surface area contributed by atoms with Gasteiger partial charge in [-0.1, -0.05) is 30.3 Å². The minimum Gasteiger partial charge on any atom is -0.465 e. The van der Waals surface area contributed by atoms with E-state index in [4.69, 9.17) is 10.5 Å². The maximum Gasteiger partial charge on any atom is 0.339 e. The molecule has 3 rings (SSSR count). The van der Waals surface area contributed by atoms with Crippen LogP contribution in [0.4, 0.5) is 5.82 Å². The van der Waals surface area contributed by atoms with E-state index >= 15 is 0 Å². The first-order chi connectivity index (χ1) is 11.0. The summed E-state index contributed by atoms with van der Waals surface area (Å²) >= 11 is 0. The van der Waals surface area contributed by atoms with Gasteiger partial charge in [-0.15, -0.1) is 0 Å². The number of anilines is 1. The number of rotatable bonds is 3. The second-order valence-electron chi connectivity index (χ2n) is 5.24. The van der Waals surface area contributed by atoms with Crippen LogP contribution in [0.5, 0.6) is 0 Å². The Morgan fingerprint density at radius 1 is 1.04 bits per heavy atom. The summed E-state index contributed by atoms with van der Waals surface area (Å²) in [6.07, 6.45) is 0. The Morgan fingerprint density at radius 2 is 1.74 bits per heavy atom. The normalized spacial score (nSPS) is 10.7. The number of nitrogens with two attached hydrogens (primary N) is 1. The number of aryl methyl sites for hydroxylation is 1. The number of nitrogens with zero attached hydrogens (tertiary/aromatic N) is 1. The zero-order valence-electron chi connectivity index (χ0n) is 12.9. The van der Waals surface area contributed by atoms with Gasteiger partial charge in [0.2, 0.25) is 0 Å². The molecule has 5 nitrogen and oxygen atoms in total. The summed E-state index contributed by atoms with van der Waals surface area (Å²) in [6, 6.07) is 14.0. The molecule has 1 aromatic carbocycles. The number of hydrogen-bond acceptors (Lipinski definition) is 4. The Balaban J connectivity index is 2.24. The van der Waals surface area contributed by atoms with Crippen LogP contribution in [0, 0.1) is 6.92 Å². The van der Waals surface area contributed by atoms with Gasteiger partial charge in [-0.05, 0) is 25.1 Å². The van der Waals surface area contributed by atoms with Crippen LogP contribution in [0.1, 0.15) is 32.0 Å². The topological polar surface area (TPSA) is 73.8 Å². The molecular weight excluding hydrogens is 292 g/mol. The van der Waals surface area contributed by atoms with Gasteiger partial charge in [0.05, 0.1) is 23.8 Å². The Morgan fingerprint density at radius 3 is 2.39 bits per heavy atom. The van der Waals surface area contributed by atoms with Crippen LogP contribution in [0.25, 0.3) is 5.52 Å². The summed E-state index contributed by atoms with van der Waals surface area (Å²) in [5, 5.41) is 0. The van der Waals surface area contributed by atoms with Crippen molar-refractivity contribution in [2.45, 2.75) is 6.92 Å². The quantitative estimate of drug-likeness (QED) is 0.596. The molecule has 0 aliphatic rings. The lowest BCUT2D eigenvalue weighted by Gasteiger charge is -2.07. The fourth-order valence-corrected chi connectivity index (χ4v) is 2.68. The first-order valence-electron chi connectivity index (χ1n) is 7.13. The molecule has 0 atom stereocenters. The number of carbonyl (C=O) groups is 2. The lowest BCUT2D eigenvalue weighted by atomic mass is 10.1. The third-order valence-corrected chi connectivity index (χ3v) is 3.84. The van der Waals surface area contributed by atoms with Crippen LogP contribution in [0.3, 0.4) is 0 Å². The predicted molar refractivity (Wildman–Crippen MR) is 87.8 cm³/mol. The van der Waals surface area contributed by atoms with E-state index in [1.807, 2.05) is 13.0 Å². The maximum absolute atomic E-state index is 12.7. The molecule has 5 heteroatoms. The van der Waals surface area contributed by atoms with E-state index in [0.29, 0.717) is 28.0 Å². The maximum atomic E-state index is 12.7. The van der Waals surface area contributed by atoms with Crippen molar-refractivity contribution in [2.24, 2.45) is 0 Å². The lowest BCUT2D eigenvalue weighted by molar-refractivity contribution is 0.0602. The Hall–Kier alpha value is -3.08. The van der Waals surface area contributed by atoms with Gasteiger partial charge in [-0.3, -0.25) is 9.20 Å². The molecule has 2 N–H and O–H groups in total. The zero-order valence-corrected chi connectivity index (χ0v) is 12.9. The van der Waals surface area contributed by atoms with Gasteiger partial charge in [0.25, 0.3) is 0 Å². The molecule has 0 aliphatic carbocycles. The number of hydrogen-bond donors (Lipinski definition) is 1. The van der Waals surface area contributed by atoms with Gasteiger partial charge in [0.15, 0.2) is 5.78 Å². The molecule has 0 amide bonds. The minimum atomic E-state index is -0.466. The average Bonchev–Trinajstić information content (AvgIpc) is 2.93. The van der Waals surface area contributed by atoms with Crippen LogP contribution in [-0.2, 0) is 4.74 Å². The number of benzene rings is 1. The van der Waals surface area contributed by atoms with Crippen molar-refractivity contribution in [1.82, 2.24) is 4.40 Å². The van der Waals surface area contributed by atoms with Crippen LogP contribution in [0.15, 0.2) is 48.5 Å². The lowest BCUT2D eigenvalue weighted by Crippen LogP contribution is -2.07. The van der Waals surface area contributed by atoms with Crippen molar-refractivity contribution in [3.63, 3.8) is 0 Å². The molecule has 116 valence electrons. The highest BCUT2D eigenvalue weighted by Crippen LogP contribution is 2.26. The summed E-state index contributed by atoms with van der Waals surface area (Å²) in [7, 11) is 1.32. The number of ether oxygens (including phenoxy) is 1. The Bertz CT molecular complexity index is 911. The highest BCUT2D eigenvalue weighted by Gasteiger charge is 2.21. The fraction of sp³-hybridized carbons (Fsp3) is 0.111. The van der Waals surface area contributed by atoms with Gasteiger partial charge >= 0.3 is 5.97 Å². The van der Waals surface area contributed by atoms with E-state index < -0.39 is 5.97 Å². The van der Waals surface area contributed by atoms with Crippen LogP contribution < -0.4 is 5.73 Å². The van der Waals surface area contributed by atoms with Crippen molar-refractivity contribution in [2.75, 3.05) is 12.8 Å². The zero-order chi connectivity index (χ0) is 16.6. The van der Waals surface area contributed by atoms with E-state index in [1.165, 1.54) is 7.11 Å². The van der Waals surface area contributed by atoms with Crippen LogP contribution in [0.2, 0.25) is 0 Å². The molecule has 0 aliphatic heterocycles. The average molecular weight is 308 g/mol. The number of aromatic nitrogens is 1. The summed E-state index contributed by atoms with van der Waals surface area (Å²) < 4.78 is 6.50. The van der Waals surface area contributed by atoms with Gasteiger partial charge in [0, 0.05) is 11.3 Å². The highest BCUT2D eigenvalue weighted by atomic mass is 16.5. The predicted octanol–water partition coefficient (Wildman–Crippen LogP) is 2.85. The number of methoxy groups -OCH3 is 1. The van der Waals surface area contributed by atoms with E-state index in [0.717, 1.165) is 5.69 Å². The van der Waals surface area contributed by atoms with Crippen molar-refractivity contribution in [3.8, 4) is 0 Å². The van der Waals surface area contributed by atoms with Crippen LogP contribution in [-0.4, -0.2) is 23.3 Å². The summed E-state index contributed by atoms with van der Waals surface area (Å²) in [4.78, 5) is 24.6. The van der Waals surface area contributed by atoms with E-state index in [-0.39, 0.29) is 5.78 Å². The number of carbonyl (C=O) groups excluding carboxylic acids is 2. The molecule has 0 saturated heterocycles. The second kappa shape index (κ2) is 5.61. The molecule has 0 radical (unpaired) electrons. The molecule has 2 aromatic heterocycles. The smallest absolute Gasteiger partial charge is 0.339 e. The number of fused-ring (bicyclic) bond motifs is 1. The fourth-order valence-electron chi connectivity index (χ4n) is 2.68.